The van der Waals surface area contributed by atoms with Gasteiger partial charge in [-0.3, -0.25) is 9.59 Å². The number of aliphatic hydroxyl groups is 1. The molecule has 1 N–H and O–H groups in total. The summed E-state index contributed by atoms with van der Waals surface area (Å²) < 4.78 is 15.8. The maximum absolute atomic E-state index is 13.5. The Kier molecular flexibility index (Phi) is 4.39. The van der Waals surface area contributed by atoms with Crippen molar-refractivity contribution in [3.05, 3.63) is 0 Å². The van der Waals surface area contributed by atoms with Crippen molar-refractivity contribution in [2.45, 2.75) is 56.6 Å². The molecule has 1 aliphatic carbocycles. The number of esters is 2. The molecule has 1 saturated carbocycles. The summed E-state index contributed by atoms with van der Waals surface area (Å²) in [6, 6.07) is -0.625. The van der Waals surface area contributed by atoms with Gasteiger partial charge in [0.2, 0.25) is 12.2 Å². The Balaban J connectivity index is 1.72. The molecule has 1 amide bonds. The van der Waals surface area contributed by atoms with E-state index in [1.54, 1.807) is 0 Å². The van der Waals surface area contributed by atoms with Crippen LogP contribution in [0.3, 0.4) is 0 Å². The number of carbonyl (C=O) groups is 3. The molecule has 3 heterocycles. The third-order valence-electron chi connectivity index (χ3n) is 6.76. The normalized spacial score (nSPS) is 43.0. The first-order valence-corrected chi connectivity index (χ1v) is 13.2. The van der Waals surface area contributed by atoms with Gasteiger partial charge >= 0.3 is 11.9 Å². The molecule has 150 valence electrons. The zero-order valence-corrected chi connectivity index (χ0v) is 17.1. The fourth-order valence-electron chi connectivity index (χ4n) is 5.87. The van der Waals surface area contributed by atoms with Crippen LogP contribution in [-0.2, 0) is 28.6 Å². The molecule has 0 unspecified atom stereocenters. The molecule has 0 spiro atoms. The number of hydrogen-bond donors (Lipinski definition) is 1. The Morgan fingerprint density at radius 2 is 1.96 bits per heavy atom. The Morgan fingerprint density at radius 3 is 2.59 bits per heavy atom. The molecule has 0 radical (unpaired) electrons. The van der Waals surface area contributed by atoms with Crippen molar-refractivity contribution in [3.8, 4) is 0 Å². The summed E-state index contributed by atoms with van der Waals surface area (Å²) in [5, 5.41) is 10.7. The minimum Gasteiger partial charge on any atom is -0.467 e. The molecule has 3 saturated heterocycles. The van der Waals surface area contributed by atoms with Crippen LogP contribution in [0.15, 0.2) is 0 Å². The first kappa shape index (κ1) is 18.9. The van der Waals surface area contributed by atoms with Gasteiger partial charge in [-0.25, -0.2) is 4.79 Å². The van der Waals surface area contributed by atoms with Crippen molar-refractivity contribution >= 4 is 25.9 Å². The smallest absolute Gasteiger partial charge is 0.328 e. The number of amides is 1. The van der Waals surface area contributed by atoms with Gasteiger partial charge in [-0.2, -0.15) is 0 Å². The van der Waals surface area contributed by atoms with Crippen LogP contribution in [0.5, 0.6) is 0 Å². The van der Waals surface area contributed by atoms with Crippen LogP contribution in [0.2, 0.25) is 25.2 Å². The highest BCUT2D eigenvalue weighted by Crippen LogP contribution is 2.63. The van der Waals surface area contributed by atoms with E-state index in [9.17, 15) is 19.5 Å². The Hall–Kier alpha value is -1.45. The number of nitrogens with zero attached hydrogens (tertiary/aromatic N) is 1. The Morgan fingerprint density at radius 1 is 1.26 bits per heavy atom. The summed E-state index contributed by atoms with van der Waals surface area (Å²) in [5.41, 5.74) is 0.0378. The highest BCUT2D eigenvalue weighted by atomic mass is 28.3. The predicted octanol–water partition coefficient (Wildman–Crippen LogP) is 0.569. The highest BCUT2D eigenvalue weighted by molar-refractivity contribution is 6.77. The second kappa shape index (κ2) is 6.28. The largest absolute Gasteiger partial charge is 0.467 e. The van der Waals surface area contributed by atoms with Gasteiger partial charge in [0.15, 0.2) is 6.29 Å². The quantitative estimate of drug-likeness (QED) is 0.549. The number of hydrogen-bond acceptors (Lipinski definition) is 7. The average molecular weight is 398 g/mol. The van der Waals surface area contributed by atoms with E-state index < -0.39 is 56.4 Å². The van der Waals surface area contributed by atoms with E-state index in [0.717, 1.165) is 0 Å². The molecular weight excluding hydrogens is 370 g/mol. The lowest BCUT2D eigenvalue weighted by Gasteiger charge is -2.43. The Labute approximate surface area is 159 Å². The van der Waals surface area contributed by atoms with E-state index in [0.29, 0.717) is 19.4 Å². The van der Waals surface area contributed by atoms with Crippen molar-refractivity contribution in [1.29, 1.82) is 0 Å². The number of ether oxygens (including phenoxy) is 3. The van der Waals surface area contributed by atoms with Gasteiger partial charge in [-0.05, 0) is 18.4 Å². The summed E-state index contributed by atoms with van der Waals surface area (Å²) in [4.78, 5) is 39.8. The molecule has 8 atom stereocenters. The zero-order chi connectivity index (χ0) is 19.7. The first-order valence-electron chi connectivity index (χ1n) is 9.59. The van der Waals surface area contributed by atoms with Crippen molar-refractivity contribution in [3.63, 3.8) is 0 Å². The Bertz CT molecular complexity index is 677. The van der Waals surface area contributed by atoms with Gasteiger partial charge in [0.25, 0.3) is 0 Å². The van der Waals surface area contributed by atoms with Gasteiger partial charge in [0.1, 0.15) is 6.04 Å². The standard InChI is InChI=1S/C18H27NO7Si/c1-24-15(21)8-6-5-7-19(8)14(20)9-10-12-13(27(2,3)4)11(9)17(23)26-18(12)25-16(10)22/h8-13,17-18,23H,5-7H2,1-4H3/t8-,9-,10+,11-,12+,13-,17-,18-/m0/s1. The van der Waals surface area contributed by atoms with E-state index in [1.165, 1.54) is 12.0 Å². The molecule has 4 rings (SSSR count). The van der Waals surface area contributed by atoms with E-state index in [1.807, 2.05) is 0 Å². The third-order valence-corrected chi connectivity index (χ3v) is 9.53. The number of aliphatic hydroxyl groups excluding tert-OH is 1. The molecule has 3 aliphatic heterocycles. The summed E-state index contributed by atoms with van der Waals surface area (Å²) >= 11 is 0. The molecule has 4 aliphatic rings. The molecular formula is C18H27NO7Si. The lowest BCUT2D eigenvalue weighted by molar-refractivity contribution is -0.262. The zero-order valence-electron chi connectivity index (χ0n) is 16.1. The second-order valence-corrected chi connectivity index (χ2v) is 14.5. The van der Waals surface area contributed by atoms with Crippen LogP contribution in [0.4, 0.5) is 0 Å². The summed E-state index contributed by atoms with van der Waals surface area (Å²) in [6.45, 7) is 6.99. The molecule has 9 heteroatoms. The lowest BCUT2D eigenvalue weighted by Crippen LogP contribution is -2.52. The molecule has 0 aromatic rings. The molecule has 27 heavy (non-hydrogen) atoms. The maximum atomic E-state index is 13.5. The van der Waals surface area contributed by atoms with E-state index in [4.69, 9.17) is 14.2 Å². The van der Waals surface area contributed by atoms with Crippen molar-refractivity contribution in [2.24, 2.45) is 23.7 Å². The highest BCUT2D eigenvalue weighted by Gasteiger charge is 2.71. The third kappa shape index (κ3) is 2.66. The summed E-state index contributed by atoms with van der Waals surface area (Å²) in [7, 11) is -0.533. The van der Waals surface area contributed by atoms with Crippen molar-refractivity contribution in [2.75, 3.05) is 13.7 Å². The average Bonchev–Trinajstić information content (AvgIpc) is 3.25. The van der Waals surface area contributed by atoms with E-state index in [2.05, 4.69) is 19.6 Å². The van der Waals surface area contributed by atoms with E-state index >= 15 is 0 Å². The van der Waals surface area contributed by atoms with Gasteiger partial charge < -0.3 is 24.2 Å². The molecule has 2 bridgehead atoms. The summed E-state index contributed by atoms with van der Waals surface area (Å²) in [5.74, 6) is -3.09. The van der Waals surface area contributed by atoms with E-state index in [-0.39, 0.29) is 17.4 Å². The molecule has 8 nitrogen and oxygen atoms in total. The number of likely N-dealkylation sites (tertiary alicyclic amines) is 1. The van der Waals surface area contributed by atoms with Crippen LogP contribution < -0.4 is 0 Å². The summed E-state index contributed by atoms with van der Waals surface area (Å²) in [6.07, 6.45) is -0.666. The fourth-order valence-corrected chi connectivity index (χ4v) is 8.92. The second-order valence-electron chi connectivity index (χ2n) is 9.14. The van der Waals surface area contributed by atoms with Crippen LogP contribution in [0.1, 0.15) is 12.8 Å². The number of carbonyl (C=O) groups excluding carboxylic acids is 3. The molecule has 0 aromatic carbocycles. The minimum atomic E-state index is -1.84. The van der Waals surface area contributed by atoms with Crippen molar-refractivity contribution < 1.29 is 33.7 Å². The maximum Gasteiger partial charge on any atom is 0.328 e. The van der Waals surface area contributed by atoms with Gasteiger partial charge in [-0.1, -0.05) is 19.6 Å². The predicted molar refractivity (Wildman–Crippen MR) is 94.8 cm³/mol. The van der Waals surface area contributed by atoms with Crippen LogP contribution in [0.25, 0.3) is 0 Å². The number of rotatable bonds is 3. The monoisotopic (exact) mass is 397 g/mol. The van der Waals surface area contributed by atoms with Crippen LogP contribution >= 0.6 is 0 Å². The van der Waals surface area contributed by atoms with Crippen LogP contribution in [0, 0.1) is 23.7 Å². The minimum absolute atomic E-state index is 0.0378. The number of methoxy groups -OCH3 is 1. The topological polar surface area (TPSA) is 102 Å². The van der Waals surface area contributed by atoms with Gasteiger partial charge in [-0.15, -0.1) is 0 Å². The fraction of sp³-hybridized carbons (Fsp3) is 0.833. The first-order chi connectivity index (χ1) is 12.7. The van der Waals surface area contributed by atoms with Crippen LogP contribution in [-0.4, -0.2) is 68.2 Å². The number of fused-ring (bicyclic) bond motifs is 1. The molecule has 4 fully saturated rings. The lowest BCUT2D eigenvalue weighted by atomic mass is 9.86. The van der Waals surface area contributed by atoms with Crippen molar-refractivity contribution in [1.82, 2.24) is 4.90 Å². The SMILES string of the molecule is COC(=O)[C@@H]1CCCN1C(=O)[C@H]1[C@H]2C(=O)O[C@H]3O[C@H](O)[C@@H]1[C@H]([Si](C)(C)C)[C@H]32. The van der Waals surface area contributed by atoms with Gasteiger partial charge in [0, 0.05) is 26.5 Å². The van der Waals surface area contributed by atoms with Gasteiger partial charge in [0.05, 0.1) is 18.9 Å². The molecule has 0 aromatic heterocycles.